The maximum atomic E-state index is 12.9. The van der Waals surface area contributed by atoms with Crippen molar-refractivity contribution < 1.29 is 4.79 Å². The number of hydrogen-bond donors (Lipinski definition) is 1. The van der Waals surface area contributed by atoms with Crippen LogP contribution in [-0.2, 0) is 11.2 Å². The number of nitrogens with zero attached hydrogens (tertiary/aromatic N) is 2. The second kappa shape index (κ2) is 9.96. The Bertz CT molecular complexity index is 886. The number of benzene rings is 3. The standard InChI is InChI=1S/C26H28N2OS/c29-26(24(30)20-21-10-4-1-5-11-21)28-18-16-27(17-19-28)25(22-12-6-2-7-13-22)23-14-8-3-9-15-23/h1-15,24-25,30H,16-20H2. The highest BCUT2D eigenvalue weighted by molar-refractivity contribution is 7.81. The summed E-state index contributed by atoms with van der Waals surface area (Å²) in [6.45, 7) is 3.18. The van der Waals surface area contributed by atoms with E-state index in [1.165, 1.54) is 11.1 Å². The van der Waals surface area contributed by atoms with Gasteiger partial charge in [-0.1, -0.05) is 91.0 Å². The van der Waals surface area contributed by atoms with Gasteiger partial charge in [0, 0.05) is 26.2 Å². The number of carbonyl (C=O) groups excluding carboxylic acids is 1. The van der Waals surface area contributed by atoms with E-state index in [1.54, 1.807) is 0 Å². The first-order valence-corrected chi connectivity index (χ1v) is 11.1. The molecular formula is C26H28N2OS. The van der Waals surface area contributed by atoms with E-state index in [1.807, 2.05) is 23.1 Å². The second-order valence-electron chi connectivity index (χ2n) is 7.79. The second-order valence-corrected chi connectivity index (χ2v) is 8.41. The van der Waals surface area contributed by atoms with Crippen LogP contribution in [0.2, 0.25) is 0 Å². The summed E-state index contributed by atoms with van der Waals surface area (Å²) in [7, 11) is 0. The van der Waals surface area contributed by atoms with E-state index in [0.29, 0.717) is 6.42 Å². The molecule has 0 aliphatic carbocycles. The molecule has 1 atom stereocenters. The zero-order chi connectivity index (χ0) is 20.8. The maximum absolute atomic E-state index is 12.9. The molecule has 1 aliphatic rings. The van der Waals surface area contributed by atoms with Gasteiger partial charge in [-0.2, -0.15) is 12.6 Å². The minimum Gasteiger partial charge on any atom is -0.339 e. The highest BCUT2D eigenvalue weighted by atomic mass is 32.1. The van der Waals surface area contributed by atoms with Gasteiger partial charge in [-0.15, -0.1) is 0 Å². The van der Waals surface area contributed by atoms with Crippen LogP contribution in [0, 0.1) is 0 Å². The van der Waals surface area contributed by atoms with Crippen molar-refractivity contribution in [3.05, 3.63) is 108 Å². The van der Waals surface area contributed by atoms with Crippen molar-refractivity contribution in [3.8, 4) is 0 Å². The van der Waals surface area contributed by atoms with Gasteiger partial charge in [-0.3, -0.25) is 9.69 Å². The molecule has 0 bridgehead atoms. The highest BCUT2D eigenvalue weighted by Gasteiger charge is 2.30. The molecule has 1 heterocycles. The molecule has 1 amide bonds. The number of thiol groups is 1. The fraction of sp³-hybridized carbons (Fsp3) is 0.269. The Balaban J connectivity index is 1.42. The van der Waals surface area contributed by atoms with Gasteiger partial charge in [0.2, 0.25) is 5.91 Å². The van der Waals surface area contributed by atoms with Crippen molar-refractivity contribution in [2.75, 3.05) is 26.2 Å². The van der Waals surface area contributed by atoms with Gasteiger partial charge in [-0.05, 0) is 23.1 Å². The fourth-order valence-corrected chi connectivity index (χ4v) is 4.59. The number of amides is 1. The molecule has 3 nitrogen and oxygen atoms in total. The van der Waals surface area contributed by atoms with Crippen molar-refractivity contribution in [3.63, 3.8) is 0 Å². The summed E-state index contributed by atoms with van der Waals surface area (Å²) in [6.07, 6.45) is 0.666. The molecule has 4 rings (SSSR count). The summed E-state index contributed by atoms with van der Waals surface area (Å²) < 4.78 is 0. The van der Waals surface area contributed by atoms with E-state index >= 15 is 0 Å². The van der Waals surface area contributed by atoms with Gasteiger partial charge in [0.25, 0.3) is 0 Å². The molecular weight excluding hydrogens is 388 g/mol. The van der Waals surface area contributed by atoms with Gasteiger partial charge in [0.1, 0.15) is 0 Å². The lowest BCUT2D eigenvalue weighted by atomic mass is 9.96. The van der Waals surface area contributed by atoms with Crippen LogP contribution in [-0.4, -0.2) is 47.1 Å². The van der Waals surface area contributed by atoms with Gasteiger partial charge >= 0.3 is 0 Å². The summed E-state index contributed by atoms with van der Waals surface area (Å²) in [5.41, 5.74) is 3.73. The Labute approximate surface area is 184 Å². The van der Waals surface area contributed by atoms with Crippen molar-refractivity contribution in [2.45, 2.75) is 17.7 Å². The summed E-state index contributed by atoms with van der Waals surface area (Å²) in [5, 5.41) is -0.294. The molecule has 3 aromatic carbocycles. The summed E-state index contributed by atoms with van der Waals surface area (Å²) in [5.74, 6) is 0.137. The van der Waals surface area contributed by atoms with Crippen molar-refractivity contribution in [2.24, 2.45) is 0 Å². The molecule has 0 saturated carbocycles. The summed E-state index contributed by atoms with van der Waals surface area (Å²) >= 11 is 4.62. The lowest BCUT2D eigenvalue weighted by molar-refractivity contribution is -0.132. The molecule has 1 saturated heterocycles. The number of hydrogen-bond acceptors (Lipinski definition) is 3. The number of rotatable bonds is 6. The lowest BCUT2D eigenvalue weighted by Gasteiger charge is -2.40. The third kappa shape index (κ3) is 4.94. The average molecular weight is 417 g/mol. The predicted octanol–water partition coefficient (Wildman–Crippen LogP) is 4.46. The van der Waals surface area contributed by atoms with Gasteiger partial charge in [-0.25, -0.2) is 0 Å². The highest BCUT2D eigenvalue weighted by Crippen LogP contribution is 2.29. The molecule has 4 heteroatoms. The van der Waals surface area contributed by atoms with Gasteiger partial charge < -0.3 is 4.90 Å². The van der Waals surface area contributed by atoms with Crippen molar-refractivity contribution in [1.82, 2.24) is 9.80 Å². The van der Waals surface area contributed by atoms with Gasteiger partial charge in [0.15, 0.2) is 0 Å². The van der Waals surface area contributed by atoms with Crippen LogP contribution in [0.4, 0.5) is 0 Å². The molecule has 30 heavy (non-hydrogen) atoms. The topological polar surface area (TPSA) is 23.6 Å². The van der Waals surface area contributed by atoms with E-state index in [-0.39, 0.29) is 17.2 Å². The largest absolute Gasteiger partial charge is 0.339 e. The Morgan fingerprint density at radius 3 is 1.70 bits per heavy atom. The monoisotopic (exact) mass is 416 g/mol. The quantitative estimate of drug-likeness (QED) is 0.600. The molecule has 1 fully saturated rings. The average Bonchev–Trinajstić information content (AvgIpc) is 2.81. The Morgan fingerprint density at radius 1 is 0.733 bits per heavy atom. The lowest BCUT2D eigenvalue weighted by Crippen LogP contribution is -2.51. The smallest absolute Gasteiger partial charge is 0.235 e. The Hall–Kier alpha value is -2.56. The van der Waals surface area contributed by atoms with Crippen LogP contribution in [0.3, 0.4) is 0 Å². The van der Waals surface area contributed by atoms with Crippen LogP contribution in [0.1, 0.15) is 22.7 Å². The third-order valence-electron chi connectivity index (χ3n) is 5.78. The van der Waals surface area contributed by atoms with Crippen LogP contribution < -0.4 is 0 Å². The van der Waals surface area contributed by atoms with E-state index in [0.717, 1.165) is 31.7 Å². The van der Waals surface area contributed by atoms with Gasteiger partial charge in [0.05, 0.1) is 11.3 Å². The third-order valence-corrected chi connectivity index (χ3v) is 6.18. The molecule has 154 valence electrons. The first-order chi connectivity index (χ1) is 14.7. The molecule has 0 aromatic heterocycles. The van der Waals surface area contributed by atoms with E-state index in [2.05, 4.69) is 90.3 Å². The molecule has 1 unspecified atom stereocenters. The first-order valence-electron chi connectivity index (χ1n) is 10.6. The van der Waals surface area contributed by atoms with E-state index in [4.69, 9.17) is 0 Å². The number of carbonyl (C=O) groups is 1. The summed E-state index contributed by atoms with van der Waals surface area (Å²) in [6, 6.07) is 31.6. The number of piperazine rings is 1. The summed E-state index contributed by atoms with van der Waals surface area (Å²) in [4.78, 5) is 17.4. The van der Waals surface area contributed by atoms with Crippen molar-refractivity contribution >= 4 is 18.5 Å². The molecule has 1 aliphatic heterocycles. The molecule has 0 N–H and O–H groups in total. The van der Waals surface area contributed by atoms with Crippen LogP contribution in [0.5, 0.6) is 0 Å². The Morgan fingerprint density at radius 2 is 1.20 bits per heavy atom. The van der Waals surface area contributed by atoms with Crippen LogP contribution in [0.15, 0.2) is 91.0 Å². The van der Waals surface area contributed by atoms with E-state index < -0.39 is 0 Å². The molecule has 0 spiro atoms. The zero-order valence-corrected chi connectivity index (χ0v) is 18.0. The zero-order valence-electron chi connectivity index (χ0n) is 17.1. The van der Waals surface area contributed by atoms with Crippen LogP contribution in [0.25, 0.3) is 0 Å². The van der Waals surface area contributed by atoms with E-state index in [9.17, 15) is 4.79 Å². The fourth-order valence-electron chi connectivity index (χ4n) is 4.22. The minimum absolute atomic E-state index is 0.137. The maximum Gasteiger partial charge on any atom is 0.235 e. The predicted molar refractivity (Wildman–Crippen MR) is 126 cm³/mol. The molecule has 3 aromatic rings. The Kier molecular flexibility index (Phi) is 6.88. The molecule has 0 radical (unpaired) electrons. The van der Waals surface area contributed by atoms with Crippen molar-refractivity contribution in [1.29, 1.82) is 0 Å². The van der Waals surface area contributed by atoms with Crippen LogP contribution >= 0.6 is 12.6 Å². The SMILES string of the molecule is O=C(C(S)Cc1ccccc1)N1CCN(C(c2ccccc2)c2ccccc2)CC1. The minimum atomic E-state index is -0.294. The first kappa shape index (κ1) is 20.7. The normalized spacial score (nSPS) is 15.9.